The molecule has 0 fully saturated rings. The Hall–Kier alpha value is -1.84. The lowest BCUT2D eigenvalue weighted by atomic mass is 10.2. The summed E-state index contributed by atoms with van der Waals surface area (Å²) in [6.07, 6.45) is 0. The van der Waals surface area contributed by atoms with Gasteiger partial charge >= 0.3 is 0 Å². The summed E-state index contributed by atoms with van der Waals surface area (Å²) in [7, 11) is 0. The van der Waals surface area contributed by atoms with E-state index in [4.69, 9.17) is 4.74 Å². The number of nitrogens with zero attached hydrogens (tertiary/aromatic N) is 2. The fourth-order valence-electron chi connectivity index (χ4n) is 1.28. The summed E-state index contributed by atoms with van der Waals surface area (Å²) in [6, 6.07) is 6.99. The molecule has 1 aliphatic rings. The zero-order chi connectivity index (χ0) is 9.97. The van der Waals surface area contributed by atoms with Gasteiger partial charge in [0.1, 0.15) is 13.3 Å². The largest absolute Gasteiger partial charge is 0.619 e. The molecule has 0 N–H and O–H groups in total. The molecule has 0 spiro atoms. The maximum atomic E-state index is 10.8. The predicted molar refractivity (Wildman–Crippen MR) is 54.2 cm³/mol. The molecule has 1 heterocycles. The Morgan fingerprint density at radius 3 is 2.57 bits per heavy atom. The second-order valence-corrected chi connectivity index (χ2v) is 2.96. The van der Waals surface area contributed by atoms with E-state index in [1.807, 2.05) is 0 Å². The number of rotatable bonds is 2. The number of benzene rings is 1. The summed E-state index contributed by atoms with van der Waals surface area (Å²) < 4.78 is 5.85. The van der Waals surface area contributed by atoms with Crippen LogP contribution < -0.4 is 0 Å². The minimum absolute atomic E-state index is 0.521. The van der Waals surface area contributed by atoms with E-state index in [1.54, 1.807) is 24.3 Å². The molecule has 0 aliphatic carbocycles. The molecule has 0 saturated heterocycles. The zero-order valence-electron chi connectivity index (χ0n) is 7.64. The van der Waals surface area contributed by atoms with Crippen LogP contribution in [0.2, 0.25) is 0 Å². The fourth-order valence-corrected chi connectivity index (χ4v) is 1.28. The van der Waals surface area contributed by atoms with Gasteiger partial charge in [0.15, 0.2) is 0 Å². The molecule has 0 unspecified atom stereocenters. The topological polar surface area (TPSA) is 47.7 Å². The highest BCUT2D eigenvalue weighted by Crippen LogP contribution is 2.14. The summed E-state index contributed by atoms with van der Waals surface area (Å²) in [6.45, 7) is 4.60. The van der Waals surface area contributed by atoms with E-state index in [1.165, 1.54) is 0 Å². The zero-order valence-corrected chi connectivity index (χ0v) is 7.64. The monoisotopic (exact) mass is 190 g/mol. The molecule has 1 aromatic rings. The Bertz CT molecular complexity index is 382. The first kappa shape index (κ1) is 8.74. The summed E-state index contributed by atoms with van der Waals surface area (Å²) in [4.78, 5) is 4.17. The molecule has 1 aliphatic heterocycles. The molecule has 1 aromatic carbocycles. The van der Waals surface area contributed by atoms with E-state index >= 15 is 0 Å². The molecular weight excluding hydrogens is 180 g/mol. The van der Waals surface area contributed by atoms with Crippen LogP contribution in [0.4, 0.5) is 5.69 Å². The second kappa shape index (κ2) is 3.49. The molecule has 4 nitrogen and oxygen atoms in total. The van der Waals surface area contributed by atoms with Crippen molar-refractivity contribution >= 4 is 18.3 Å². The first-order valence-corrected chi connectivity index (χ1v) is 4.33. The molecular formula is C10H10N2O2. The third-order valence-electron chi connectivity index (χ3n) is 1.99. The Balaban J connectivity index is 2.25. The van der Waals surface area contributed by atoms with Crippen LogP contribution in [-0.2, 0) is 4.74 Å². The van der Waals surface area contributed by atoms with Crippen LogP contribution in [0.5, 0.6) is 0 Å². The minimum atomic E-state index is 0.521. The molecule has 0 amide bonds. The van der Waals surface area contributed by atoms with Gasteiger partial charge < -0.3 is 9.94 Å². The van der Waals surface area contributed by atoms with Crippen molar-refractivity contribution in [2.24, 2.45) is 4.99 Å². The Morgan fingerprint density at radius 2 is 2.07 bits per heavy atom. The van der Waals surface area contributed by atoms with Crippen molar-refractivity contribution in [1.29, 1.82) is 0 Å². The van der Waals surface area contributed by atoms with Gasteiger partial charge in [-0.25, -0.2) is 4.99 Å². The van der Waals surface area contributed by atoms with Crippen molar-refractivity contribution in [3.8, 4) is 0 Å². The molecule has 14 heavy (non-hydrogen) atoms. The molecule has 72 valence electrons. The number of hydrogen-bond acceptors (Lipinski definition) is 3. The van der Waals surface area contributed by atoms with Crippen molar-refractivity contribution in [2.75, 3.05) is 13.2 Å². The first-order chi connectivity index (χ1) is 6.77. The SMILES string of the molecule is C=[N+]([O-])c1ccc(C2=NCCO2)cc1. The van der Waals surface area contributed by atoms with Crippen LogP contribution in [0.15, 0.2) is 29.3 Å². The highest BCUT2D eigenvalue weighted by Gasteiger charge is 2.10. The van der Waals surface area contributed by atoms with E-state index in [2.05, 4.69) is 11.7 Å². The normalized spacial score (nSPS) is 14.7. The maximum Gasteiger partial charge on any atom is 0.216 e. The van der Waals surface area contributed by atoms with Crippen molar-refractivity contribution in [1.82, 2.24) is 0 Å². The highest BCUT2D eigenvalue weighted by atomic mass is 16.5. The van der Waals surface area contributed by atoms with Crippen molar-refractivity contribution in [3.63, 3.8) is 0 Å². The van der Waals surface area contributed by atoms with Crippen molar-refractivity contribution in [2.45, 2.75) is 0 Å². The molecule has 0 saturated carbocycles. The van der Waals surface area contributed by atoms with Gasteiger partial charge in [-0.2, -0.15) is 4.74 Å². The molecule has 0 atom stereocenters. The average molecular weight is 190 g/mol. The lowest BCUT2D eigenvalue weighted by Gasteiger charge is -2.03. The van der Waals surface area contributed by atoms with Gasteiger partial charge in [0.2, 0.25) is 11.6 Å². The van der Waals surface area contributed by atoms with Gasteiger partial charge in [0.05, 0.1) is 6.54 Å². The van der Waals surface area contributed by atoms with Crippen molar-refractivity contribution in [3.05, 3.63) is 35.0 Å². The minimum Gasteiger partial charge on any atom is -0.619 e. The summed E-state index contributed by atoms with van der Waals surface area (Å²) >= 11 is 0. The van der Waals surface area contributed by atoms with Gasteiger partial charge in [-0.05, 0) is 12.1 Å². The summed E-state index contributed by atoms with van der Waals surface area (Å²) in [5.41, 5.74) is 1.42. The number of ether oxygens (including phenoxy) is 1. The molecule has 4 heteroatoms. The lowest BCUT2D eigenvalue weighted by molar-refractivity contribution is -0.349. The molecule has 0 radical (unpaired) electrons. The van der Waals surface area contributed by atoms with Gasteiger partial charge in [-0.1, -0.05) is 0 Å². The quantitative estimate of drug-likeness (QED) is 0.305. The first-order valence-electron chi connectivity index (χ1n) is 4.33. The van der Waals surface area contributed by atoms with Crippen LogP contribution in [0.3, 0.4) is 0 Å². The summed E-state index contributed by atoms with van der Waals surface area (Å²) in [5, 5.41) is 10.8. The van der Waals surface area contributed by atoms with Crippen molar-refractivity contribution < 1.29 is 9.48 Å². The third kappa shape index (κ3) is 1.59. The Morgan fingerprint density at radius 1 is 1.36 bits per heavy atom. The number of hydrogen-bond donors (Lipinski definition) is 0. The smallest absolute Gasteiger partial charge is 0.216 e. The van der Waals surface area contributed by atoms with Gasteiger partial charge in [0.25, 0.3) is 0 Å². The van der Waals surface area contributed by atoms with Crippen LogP contribution in [-0.4, -0.2) is 30.5 Å². The average Bonchev–Trinajstić information content (AvgIpc) is 2.71. The van der Waals surface area contributed by atoms with Gasteiger partial charge in [0, 0.05) is 17.7 Å². The van der Waals surface area contributed by atoms with Gasteiger partial charge in [-0.3, -0.25) is 0 Å². The van der Waals surface area contributed by atoms with E-state index in [0.717, 1.165) is 5.56 Å². The predicted octanol–water partition coefficient (Wildman–Crippen LogP) is 1.31. The van der Waals surface area contributed by atoms with Crippen LogP contribution >= 0.6 is 0 Å². The number of aliphatic imine (C=N–C) groups is 1. The standard InChI is InChI=1S/C10H10N2O2/c1-12(13)9-4-2-8(3-5-9)10-11-6-7-14-10/h2-5H,1,6-7H2. The molecule has 0 aromatic heterocycles. The van der Waals surface area contributed by atoms with E-state index in [9.17, 15) is 5.21 Å². The Kier molecular flexibility index (Phi) is 2.18. The van der Waals surface area contributed by atoms with Gasteiger partial charge in [-0.15, -0.1) is 0 Å². The van der Waals surface area contributed by atoms with E-state index in [-0.39, 0.29) is 0 Å². The Labute approximate surface area is 81.7 Å². The third-order valence-corrected chi connectivity index (χ3v) is 1.99. The van der Waals surface area contributed by atoms with Crippen LogP contribution in [0, 0.1) is 5.21 Å². The maximum absolute atomic E-state index is 10.8. The molecule has 2 rings (SSSR count). The molecule has 0 bridgehead atoms. The highest BCUT2D eigenvalue weighted by molar-refractivity contribution is 5.95. The van der Waals surface area contributed by atoms with Crippen LogP contribution in [0.1, 0.15) is 5.56 Å². The second-order valence-electron chi connectivity index (χ2n) is 2.96. The summed E-state index contributed by atoms with van der Waals surface area (Å²) in [5.74, 6) is 0.651. The van der Waals surface area contributed by atoms with E-state index < -0.39 is 0 Å². The van der Waals surface area contributed by atoms with E-state index in [0.29, 0.717) is 29.5 Å². The van der Waals surface area contributed by atoms with Crippen LogP contribution in [0.25, 0.3) is 0 Å². The fraction of sp³-hybridized carbons (Fsp3) is 0.200. The lowest BCUT2D eigenvalue weighted by Crippen LogP contribution is -2.01.